The second-order valence-electron chi connectivity index (χ2n) is 16.3. The highest BCUT2D eigenvalue weighted by Crippen LogP contribution is 2.48. The Labute approximate surface area is 364 Å². The molecule has 1 nitrogen and oxygen atoms in total. The number of nitrogens with zero attached hydrogens (tertiary/aromatic N) is 1. The number of hydrogen-bond donors (Lipinski definition) is 0. The van der Waals surface area contributed by atoms with Crippen LogP contribution in [-0.4, -0.2) is 0 Å². The average Bonchev–Trinajstić information content (AvgIpc) is 3.52. The van der Waals surface area contributed by atoms with Crippen LogP contribution in [0.4, 0.5) is 17.1 Å². The second kappa shape index (κ2) is 16.4. The molecule has 0 bridgehead atoms. The smallest absolute Gasteiger partial charge is 0.0468 e. The summed E-state index contributed by atoms with van der Waals surface area (Å²) in [5, 5.41) is 2.48. The quantitative estimate of drug-likeness (QED) is 0.148. The van der Waals surface area contributed by atoms with Crippen molar-refractivity contribution in [3.8, 4) is 55.6 Å². The van der Waals surface area contributed by atoms with E-state index < -0.39 is 0 Å². The molecule has 0 aliphatic heterocycles. The lowest BCUT2D eigenvalue weighted by atomic mass is 9.80. The molecule has 0 saturated heterocycles. The third-order valence-corrected chi connectivity index (χ3v) is 12.8. The van der Waals surface area contributed by atoms with Gasteiger partial charge in [0.2, 0.25) is 0 Å². The molecule has 0 amide bonds. The number of para-hydroxylation sites is 1. The Hall–Kier alpha value is -7.74. The predicted octanol–water partition coefficient (Wildman–Crippen LogP) is 16.7. The van der Waals surface area contributed by atoms with Crippen molar-refractivity contribution >= 4 is 27.8 Å². The lowest BCUT2D eigenvalue weighted by molar-refractivity contribution is 0.727. The zero-order valence-corrected chi connectivity index (χ0v) is 34.5. The van der Waals surface area contributed by atoms with Crippen LogP contribution < -0.4 is 4.90 Å². The SMILES string of the molecule is c1ccc(-c2ccc(-c3ccc(N(c4ccccc4)c4ccc(-c5ccccc5C5CCc6ccccc6-c6ccccc65)c(-c5cccc6ccccc56)c4)cc3)cc2)cc1. The van der Waals surface area contributed by atoms with Gasteiger partial charge >= 0.3 is 0 Å². The number of aryl methyl sites for hydroxylation is 1. The third kappa shape index (κ3) is 6.98. The summed E-state index contributed by atoms with van der Waals surface area (Å²) in [6.45, 7) is 0. The third-order valence-electron chi connectivity index (χ3n) is 12.8. The number of anilines is 3. The van der Waals surface area contributed by atoms with Gasteiger partial charge in [0.1, 0.15) is 0 Å². The predicted molar refractivity (Wildman–Crippen MR) is 262 cm³/mol. The van der Waals surface area contributed by atoms with Crippen LogP contribution in [0, 0.1) is 0 Å². The Kier molecular flexibility index (Phi) is 9.84. The Morgan fingerprint density at radius 2 is 0.790 bits per heavy atom. The van der Waals surface area contributed by atoms with Crippen LogP contribution in [0.3, 0.4) is 0 Å². The molecule has 1 heteroatoms. The van der Waals surface area contributed by atoms with Gasteiger partial charge in [0, 0.05) is 23.0 Å². The van der Waals surface area contributed by atoms with E-state index in [9.17, 15) is 0 Å². The van der Waals surface area contributed by atoms with Gasteiger partial charge in [-0.3, -0.25) is 0 Å². The van der Waals surface area contributed by atoms with E-state index in [2.05, 4.69) is 248 Å². The fourth-order valence-corrected chi connectivity index (χ4v) is 9.77. The van der Waals surface area contributed by atoms with Gasteiger partial charge in [-0.05, 0) is 132 Å². The van der Waals surface area contributed by atoms with E-state index in [1.165, 1.54) is 83.1 Å². The van der Waals surface area contributed by atoms with Gasteiger partial charge in [-0.1, -0.05) is 206 Å². The summed E-state index contributed by atoms with van der Waals surface area (Å²) in [4.78, 5) is 2.39. The first-order valence-electron chi connectivity index (χ1n) is 21.8. The Morgan fingerprint density at radius 3 is 1.50 bits per heavy atom. The van der Waals surface area contributed by atoms with E-state index in [-0.39, 0.29) is 5.92 Å². The molecule has 294 valence electrons. The normalized spacial score (nSPS) is 13.2. The molecule has 62 heavy (non-hydrogen) atoms. The molecule has 11 rings (SSSR count). The van der Waals surface area contributed by atoms with Gasteiger partial charge in [-0.25, -0.2) is 0 Å². The zero-order chi connectivity index (χ0) is 41.2. The lowest BCUT2D eigenvalue weighted by Crippen LogP contribution is -2.10. The Morgan fingerprint density at radius 1 is 0.306 bits per heavy atom. The van der Waals surface area contributed by atoms with E-state index in [1.54, 1.807) is 0 Å². The summed E-state index contributed by atoms with van der Waals surface area (Å²) in [6.07, 6.45) is 2.07. The Bertz CT molecular complexity index is 3160. The van der Waals surface area contributed by atoms with Gasteiger partial charge in [0.25, 0.3) is 0 Å². The molecular weight excluding hydrogens is 747 g/mol. The van der Waals surface area contributed by atoms with E-state index in [1.807, 2.05) is 0 Å². The zero-order valence-electron chi connectivity index (χ0n) is 34.5. The van der Waals surface area contributed by atoms with Gasteiger partial charge in [-0.15, -0.1) is 0 Å². The molecule has 0 saturated carbocycles. The molecule has 10 aromatic carbocycles. The van der Waals surface area contributed by atoms with Crippen molar-refractivity contribution in [3.63, 3.8) is 0 Å². The first-order chi connectivity index (χ1) is 30.8. The van der Waals surface area contributed by atoms with Crippen LogP contribution in [0.25, 0.3) is 66.4 Å². The number of benzene rings is 10. The summed E-state index contributed by atoms with van der Waals surface area (Å²) in [6, 6.07) is 89.1. The summed E-state index contributed by atoms with van der Waals surface area (Å²) < 4.78 is 0. The first kappa shape index (κ1) is 37.3. The summed E-state index contributed by atoms with van der Waals surface area (Å²) in [5.41, 5.74) is 20.0. The highest BCUT2D eigenvalue weighted by molar-refractivity contribution is 6.02. The molecule has 1 unspecified atom stereocenters. The molecule has 0 aromatic heterocycles. The highest BCUT2D eigenvalue weighted by atomic mass is 15.1. The molecule has 0 spiro atoms. The molecule has 1 aliphatic carbocycles. The van der Waals surface area contributed by atoms with Crippen LogP contribution in [0.1, 0.15) is 29.0 Å². The maximum atomic E-state index is 2.42. The molecule has 0 heterocycles. The molecule has 0 N–H and O–H groups in total. The molecule has 1 aliphatic rings. The Balaban J connectivity index is 1.05. The molecule has 0 radical (unpaired) electrons. The maximum absolute atomic E-state index is 2.42. The van der Waals surface area contributed by atoms with Crippen LogP contribution in [0.2, 0.25) is 0 Å². The number of fused-ring (bicyclic) bond motifs is 4. The van der Waals surface area contributed by atoms with Crippen molar-refractivity contribution in [3.05, 3.63) is 259 Å². The maximum Gasteiger partial charge on any atom is 0.0468 e. The van der Waals surface area contributed by atoms with Crippen molar-refractivity contribution in [2.45, 2.75) is 18.8 Å². The molecule has 10 aromatic rings. The summed E-state index contributed by atoms with van der Waals surface area (Å²) >= 11 is 0. The number of hydrogen-bond acceptors (Lipinski definition) is 1. The number of rotatable bonds is 8. The second-order valence-corrected chi connectivity index (χ2v) is 16.3. The standard InChI is InChI=1S/C61H45N/c1-3-16-43(17-4-1)44-30-32-45(33-31-44)46-34-37-50(38-35-46)62(49-21-5-2-6-22-49)51-39-41-60(61(42-51)55-29-15-20-47-18-7-9-23-52(47)55)58-28-14-13-27-57(58)59-40-36-48-19-8-10-24-53(48)54-25-11-12-26-56(54)59/h1-35,37-39,41-42,59H,36,40H2. The lowest BCUT2D eigenvalue weighted by Gasteiger charge is -2.28. The summed E-state index contributed by atoms with van der Waals surface area (Å²) in [7, 11) is 0. The topological polar surface area (TPSA) is 3.24 Å². The van der Waals surface area contributed by atoms with Crippen LogP contribution in [0.15, 0.2) is 243 Å². The first-order valence-corrected chi connectivity index (χ1v) is 21.8. The van der Waals surface area contributed by atoms with Crippen LogP contribution in [0.5, 0.6) is 0 Å². The molecule has 1 atom stereocenters. The largest absolute Gasteiger partial charge is 0.310 e. The highest BCUT2D eigenvalue weighted by Gasteiger charge is 2.27. The van der Waals surface area contributed by atoms with E-state index in [0.717, 1.165) is 29.9 Å². The molecular formula is C61H45N. The van der Waals surface area contributed by atoms with Crippen LogP contribution in [-0.2, 0) is 6.42 Å². The van der Waals surface area contributed by atoms with Gasteiger partial charge in [0.15, 0.2) is 0 Å². The van der Waals surface area contributed by atoms with Gasteiger partial charge < -0.3 is 4.90 Å². The van der Waals surface area contributed by atoms with Crippen molar-refractivity contribution in [2.75, 3.05) is 4.90 Å². The minimum Gasteiger partial charge on any atom is -0.310 e. The van der Waals surface area contributed by atoms with E-state index in [0.29, 0.717) is 0 Å². The monoisotopic (exact) mass is 791 g/mol. The fourth-order valence-electron chi connectivity index (χ4n) is 9.77. The van der Waals surface area contributed by atoms with Crippen molar-refractivity contribution in [1.82, 2.24) is 0 Å². The van der Waals surface area contributed by atoms with Crippen molar-refractivity contribution in [1.29, 1.82) is 0 Å². The van der Waals surface area contributed by atoms with Crippen LogP contribution >= 0.6 is 0 Å². The van der Waals surface area contributed by atoms with E-state index in [4.69, 9.17) is 0 Å². The van der Waals surface area contributed by atoms with Gasteiger partial charge in [0.05, 0.1) is 0 Å². The summed E-state index contributed by atoms with van der Waals surface area (Å²) in [5.74, 6) is 0.240. The minimum atomic E-state index is 0.240. The average molecular weight is 792 g/mol. The van der Waals surface area contributed by atoms with E-state index >= 15 is 0 Å². The van der Waals surface area contributed by atoms with Gasteiger partial charge in [-0.2, -0.15) is 0 Å². The van der Waals surface area contributed by atoms with Crippen molar-refractivity contribution in [2.24, 2.45) is 0 Å². The van der Waals surface area contributed by atoms with Crippen molar-refractivity contribution < 1.29 is 0 Å². The molecule has 0 fully saturated rings. The minimum absolute atomic E-state index is 0.240. The fraction of sp³-hybridized carbons (Fsp3) is 0.0492.